The van der Waals surface area contributed by atoms with Crippen LogP contribution in [0.25, 0.3) is 0 Å². The molecule has 12 N–H and O–H groups in total. The molecule has 12 nitrogen and oxygen atoms in total. The van der Waals surface area contributed by atoms with E-state index >= 15 is 0 Å². The second-order valence-electron chi connectivity index (χ2n) is 10.2. The highest BCUT2D eigenvalue weighted by atomic mass is 16.3. The van der Waals surface area contributed by atoms with Crippen LogP contribution in [-0.4, -0.2) is 61.3 Å². The van der Waals surface area contributed by atoms with E-state index in [1.165, 1.54) is 48.5 Å². The molecule has 0 heterocycles. The van der Waals surface area contributed by atoms with Crippen LogP contribution >= 0.6 is 0 Å². The molecule has 0 amide bonds. The summed E-state index contributed by atoms with van der Waals surface area (Å²) in [6.07, 6.45) is 0. The molecular formula is C32H26O12. The summed E-state index contributed by atoms with van der Waals surface area (Å²) >= 11 is 0. The fourth-order valence-corrected chi connectivity index (χ4v) is 5.20. The van der Waals surface area contributed by atoms with Gasteiger partial charge in [-0.2, -0.15) is 0 Å². The minimum absolute atomic E-state index is 0.216. The molecule has 0 aliphatic carbocycles. The first-order valence-electron chi connectivity index (χ1n) is 12.9. The highest BCUT2D eigenvalue weighted by Gasteiger charge is 2.26. The van der Waals surface area contributed by atoms with E-state index in [4.69, 9.17) is 0 Å². The Morgan fingerprint density at radius 1 is 0.250 bits per heavy atom. The molecule has 5 rings (SSSR count). The van der Waals surface area contributed by atoms with Crippen molar-refractivity contribution in [1.82, 2.24) is 0 Å². The van der Waals surface area contributed by atoms with Crippen LogP contribution in [0.4, 0.5) is 0 Å². The molecule has 0 saturated heterocycles. The van der Waals surface area contributed by atoms with Gasteiger partial charge in [0, 0.05) is 11.8 Å². The van der Waals surface area contributed by atoms with Crippen LogP contribution in [0.2, 0.25) is 0 Å². The van der Waals surface area contributed by atoms with Crippen LogP contribution in [0.1, 0.15) is 45.2 Å². The Hall–Kier alpha value is -6.30. The molecule has 0 aromatic heterocycles. The van der Waals surface area contributed by atoms with Crippen molar-refractivity contribution in [3.8, 4) is 69.0 Å². The first kappa shape index (κ1) is 29.2. The summed E-state index contributed by atoms with van der Waals surface area (Å²) in [5, 5.41) is 121. The summed E-state index contributed by atoms with van der Waals surface area (Å²) in [4.78, 5) is 0. The van der Waals surface area contributed by atoms with Gasteiger partial charge in [-0.3, -0.25) is 0 Å². The first-order chi connectivity index (χ1) is 20.8. The van der Waals surface area contributed by atoms with Gasteiger partial charge in [0.05, 0.1) is 0 Å². The predicted octanol–water partition coefficient (Wildman–Crippen LogP) is 4.51. The van der Waals surface area contributed by atoms with Crippen molar-refractivity contribution < 1.29 is 61.3 Å². The van der Waals surface area contributed by atoms with E-state index in [-0.39, 0.29) is 22.3 Å². The smallest absolute Gasteiger partial charge is 0.200 e. The van der Waals surface area contributed by atoms with Crippen LogP contribution in [0.5, 0.6) is 69.0 Å². The number of phenolic OH excluding ortho intramolecular Hbond substituents is 12. The zero-order valence-electron chi connectivity index (χ0n) is 22.4. The quantitative estimate of drug-likeness (QED) is 0.0948. The van der Waals surface area contributed by atoms with Gasteiger partial charge >= 0.3 is 0 Å². The van der Waals surface area contributed by atoms with E-state index in [0.29, 0.717) is 11.1 Å². The van der Waals surface area contributed by atoms with Gasteiger partial charge in [-0.1, -0.05) is 24.3 Å². The standard InChI is InChI=1S/C32H26O12/c33-19-5-15(6-20(34)29(19)41)27(16-7-21(35)30(42)22(36)8-16)13-1-2-14(4-3-13)28(17-9-23(37)31(43)24(38)10-17)18-11-25(39)32(44)26(40)12-18/h1-12,27-28,33-44H. The van der Waals surface area contributed by atoms with Gasteiger partial charge in [-0.25, -0.2) is 0 Å². The van der Waals surface area contributed by atoms with Gasteiger partial charge in [0.15, 0.2) is 69.0 Å². The molecule has 0 saturated carbocycles. The maximum Gasteiger partial charge on any atom is 0.200 e. The molecule has 5 aromatic carbocycles. The van der Waals surface area contributed by atoms with E-state index in [2.05, 4.69) is 0 Å². The molecule has 0 unspecified atom stereocenters. The van der Waals surface area contributed by atoms with Crippen molar-refractivity contribution in [3.05, 3.63) is 106 Å². The summed E-state index contributed by atoms with van der Waals surface area (Å²) in [6, 6.07) is 15.7. The number of benzene rings is 5. The lowest BCUT2D eigenvalue weighted by molar-refractivity contribution is 0.365. The molecule has 12 heteroatoms. The summed E-state index contributed by atoms with van der Waals surface area (Å²) in [7, 11) is 0. The average Bonchev–Trinajstić information content (AvgIpc) is 2.97. The Bertz CT molecular complexity index is 1550. The summed E-state index contributed by atoms with van der Waals surface area (Å²) < 4.78 is 0. The first-order valence-corrected chi connectivity index (χ1v) is 12.9. The number of hydrogen-bond acceptors (Lipinski definition) is 12. The van der Waals surface area contributed by atoms with E-state index in [1.807, 2.05) is 0 Å². The zero-order chi connectivity index (χ0) is 32.0. The normalized spacial score (nSPS) is 11.3. The largest absolute Gasteiger partial charge is 0.504 e. The van der Waals surface area contributed by atoms with Gasteiger partial charge in [0.2, 0.25) is 0 Å². The summed E-state index contributed by atoms with van der Waals surface area (Å²) in [5.41, 5.74) is 1.77. The summed E-state index contributed by atoms with van der Waals surface area (Å²) in [6.45, 7) is 0. The Labute approximate surface area is 248 Å². The van der Waals surface area contributed by atoms with Crippen LogP contribution in [-0.2, 0) is 0 Å². The Balaban J connectivity index is 1.70. The third-order valence-electron chi connectivity index (χ3n) is 7.30. The minimum atomic E-state index is -0.916. The topological polar surface area (TPSA) is 243 Å². The van der Waals surface area contributed by atoms with E-state index < -0.39 is 80.8 Å². The van der Waals surface area contributed by atoms with Crippen molar-refractivity contribution in [2.24, 2.45) is 0 Å². The van der Waals surface area contributed by atoms with Crippen LogP contribution in [0, 0.1) is 0 Å². The van der Waals surface area contributed by atoms with Gasteiger partial charge in [0.1, 0.15) is 0 Å². The lowest BCUT2D eigenvalue weighted by Gasteiger charge is -2.23. The van der Waals surface area contributed by atoms with Crippen LogP contribution in [0.15, 0.2) is 72.8 Å². The fourth-order valence-electron chi connectivity index (χ4n) is 5.20. The third-order valence-corrected chi connectivity index (χ3v) is 7.30. The molecule has 0 spiro atoms. The molecule has 44 heavy (non-hydrogen) atoms. The molecule has 0 fully saturated rings. The maximum absolute atomic E-state index is 10.2. The van der Waals surface area contributed by atoms with Crippen LogP contribution in [0.3, 0.4) is 0 Å². The van der Waals surface area contributed by atoms with Crippen molar-refractivity contribution in [1.29, 1.82) is 0 Å². The number of aromatic hydroxyl groups is 12. The van der Waals surface area contributed by atoms with Gasteiger partial charge in [-0.15, -0.1) is 0 Å². The Morgan fingerprint density at radius 3 is 0.568 bits per heavy atom. The lowest BCUT2D eigenvalue weighted by atomic mass is 9.81. The number of rotatable bonds is 6. The lowest BCUT2D eigenvalue weighted by Crippen LogP contribution is -2.07. The average molecular weight is 603 g/mol. The Kier molecular flexibility index (Phi) is 7.19. The van der Waals surface area contributed by atoms with Crippen molar-refractivity contribution in [2.45, 2.75) is 11.8 Å². The second kappa shape index (κ2) is 10.8. The predicted molar refractivity (Wildman–Crippen MR) is 154 cm³/mol. The third kappa shape index (κ3) is 5.11. The van der Waals surface area contributed by atoms with Crippen molar-refractivity contribution in [2.75, 3.05) is 0 Å². The maximum atomic E-state index is 10.2. The highest BCUT2D eigenvalue weighted by molar-refractivity contribution is 5.61. The number of hydrogen-bond donors (Lipinski definition) is 12. The highest BCUT2D eigenvalue weighted by Crippen LogP contribution is 2.47. The number of phenols is 12. The zero-order valence-corrected chi connectivity index (χ0v) is 22.4. The molecule has 0 aliphatic rings. The molecular weight excluding hydrogens is 576 g/mol. The van der Waals surface area contributed by atoms with Crippen molar-refractivity contribution >= 4 is 0 Å². The van der Waals surface area contributed by atoms with E-state index in [0.717, 1.165) is 0 Å². The molecule has 0 bridgehead atoms. The molecule has 0 radical (unpaired) electrons. The Morgan fingerprint density at radius 2 is 0.409 bits per heavy atom. The fraction of sp³-hybridized carbons (Fsp3) is 0.0625. The molecule has 226 valence electrons. The van der Waals surface area contributed by atoms with Gasteiger partial charge < -0.3 is 61.3 Å². The SMILES string of the molecule is Oc1cc(C(c2ccc(C(c3cc(O)c(O)c(O)c3)c3cc(O)c(O)c(O)c3)cc2)c2cc(O)c(O)c(O)c2)cc(O)c1O. The molecule has 5 aromatic rings. The van der Waals surface area contributed by atoms with E-state index in [1.54, 1.807) is 24.3 Å². The minimum Gasteiger partial charge on any atom is -0.504 e. The van der Waals surface area contributed by atoms with Crippen LogP contribution < -0.4 is 0 Å². The molecule has 0 aliphatic heterocycles. The van der Waals surface area contributed by atoms with E-state index in [9.17, 15) is 61.3 Å². The summed E-state index contributed by atoms with van der Waals surface area (Å²) in [5.74, 6) is -10.0. The van der Waals surface area contributed by atoms with Gasteiger partial charge in [-0.05, 0) is 81.9 Å². The van der Waals surface area contributed by atoms with Gasteiger partial charge in [0.25, 0.3) is 0 Å². The molecule has 0 atom stereocenters. The monoisotopic (exact) mass is 602 g/mol. The van der Waals surface area contributed by atoms with Crippen molar-refractivity contribution in [3.63, 3.8) is 0 Å². The second-order valence-corrected chi connectivity index (χ2v) is 10.2.